The summed E-state index contributed by atoms with van der Waals surface area (Å²) in [6.07, 6.45) is 4.63. The van der Waals surface area contributed by atoms with Crippen LogP contribution < -0.4 is 5.73 Å². The maximum atomic E-state index is 11.8. The number of nitrogens with zero attached hydrogens (tertiary/aromatic N) is 2. The van der Waals surface area contributed by atoms with E-state index in [1.807, 2.05) is 6.07 Å². The van der Waals surface area contributed by atoms with Gasteiger partial charge in [0.2, 0.25) is 5.91 Å². The number of nitrogens with two attached hydrogens (primary N) is 1. The van der Waals surface area contributed by atoms with Crippen molar-refractivity contribution < 1.29 is 4.79 Å². The molecule has 2 N–H and O–H groups in total. The summed E-state index contributed by atoms with van der Waals surface area (Å²) < 4.78 is 0. The molecule has 0 aliphatic carbocycles. The monoisotopic (exact) mass is 207 g/mol. The van der Waals surface area contributed by atoms with E-state index in [1.165, 1.54) is 4.90 Å². The largest absolute Gasteiger partial charge is 0.305 e. The van der Waals surface area contributed by atoms with Crippen molar-refractivity contribution in [1.82, 2.24) is 4.90 Å². The molecule has 0 saturated heterocycles. The number of nitriles is 1. The van der Waals surface area contributed by atoms with Gasteiger partial charge in [0, 0.05) is 13.0 Å². The molecule has 0 aromatic carbocycles. The Balaban J connectivity index is 2.59. The maximum absolute atomic E-state index is 11.8. The molecule has 15 heavy (non-hydrogen) atoms. The van der Waals surface area contributed by atoms with Gasteiger partial charge >= 0.3 is 0 Å². The van der Waals surface area contributed by atoms with Crippen molar-refractivity contribution in [1.29, 1.82) is 5.26 Å². The molecule has 1 heterocycles. The Kier molecular flexibility index (Phi) is 3.48. The highest BCUT2D eigenvalue weighted by Crippen LogP contribution is 2.19. The second-order valence-corrected chi connectivity index (χ2v) is 4.28. The van der Waals surface area contributed by atoms with Crippen LogP contribution >= 0.6 is 0 Å². The molecule has 4 heteroatoms. The summed E-state index contributed by atoms with van der Waals surface area (Å²) in [5.41, 5.74) is 4.54. The molecule has 0 radical (unpaired) electrons. The molecule has 1 amide bonds. The van der Waals surface area contributed by atoms with E-state index in [-0.39, 0.29) is 5.91 Å². The second-order valence-electron chi connectivity index (χ2n) is 4.28. The summed E-state index contributed by atoms with van der Waals surface area (Å²) in [6, 6.07) is 1.95. The van der Waals surface area contributed by atoms with Crippen LogP contribution in [0, 0.1) is 17.2 Å². The minimum atomic E-state index is -1.23. The van der Waals surface area contributed by atoms with Gasteiger partial charge in [-0.2, -0.15) is 5.26 Å². The van der Waals surface area contributed by atoms with Crippen LogP contribution in [0.1, 0.15) is 26.7 Å². The third-order valence-corrected chi connectivity index (χ3v) is 2.52. The number of rotatable bonds is 3. The first-order chi connectivity index (χ1) is 6.99. The normalized spacial score (nSPS) is 24.6. The summed E-state index contributed by atoms with van der Waals surface area (Å²) >= 11 is 0. The lowest BCUT2D eigenvalue weighted by Gasteiger charge is -2.28. The van der Waals surface area contributed by atoms with Gasteiger partial charge in [0.15, 0.2) is 5.66 Å². The molecule has 1 aliphatic rings. The summed E-state index contributed by atoms with van der Waals surface area (Å²) in [5, 5.41) is 8.90. The molecule has 0 bridgehead atoms. The van der Waals surface area contributed by atoms with Gasteiger partial charge in [0.05, 0.1) is 0 Å². The van der Waals surface area contributed by atoms with Crippen LogP contribution in [0.15, 0.2) is 12.2 Å². The molecular formula is C11H17N3O. The highest BCUT2D eigenvalue weighted by Gasteiger charge is 2.36. The van der Waals surface area contributed by atoms with Crippen LogP contribution in [0.4, 0.5) is 0 Å². The van der Waals surface area contributed by atoms with Crippen LogP contribution in [-0.2, 0) is 4.79 Å². The van der Waals surface area contributed by atoms with Crippen LogP contribution in [0.25, 0.3) is 0 Å². The van der Waals surface area contributed by atoms with E-state index in [1.54, 1.807) is 12.2 Å². The molecule has 0 saturated carbocycles. The predicted molar refractivity (Wildman–Crippen MR) is 57.5 cm³/mol. The Hall–Kier alpha value is -1.34. The standard InChI is InChI=1S/C11H17N3O/c1-9(2)4-5-10(15)14-7-3-6-11(14,13)8-12/h3,6,9H,4-5,7,13H2,1-2H3. The van der Waals surface area contributed by atoms with Crippen LogP contribution in [-0.4, -0.2) is 23.0 Å². The summed E-state index contributed by atoms with van der Waals surface area (Å²) in [6.45, 7) is 4.58. The zero-order valence-corrected chi connectivity index (χ0v) is 9.23. The fraction of sp³-hybridized carbons (Fsp3) is 0.636. The van der Waals surface area contributed by atoms with E-state index in [9.17, 15) is 4.79 Å². The van der Waals surface area contributed by atoms with E-state index in [2.05, 4.69) is 13.8 Å². The van der Waals surface area contributed by atoms with Gasteiger partial charge in [-0.1, -0.05) is 19.9 Å². The van der Waals surface area contributed by atoms with Crippen molar-refractivity contribution in [2.24, 2.45) is 11.7 Å². The number of hydrogen-bond acceptors (Lipinski definition) is 3. The fourth-order valence-electron chi connectivity index (χ4n) is 1.53. The highest BCUT2D eigenvalue weighted by atomic mass is 16.2. The van der Waals surface area contributed by atoms with Gasteiger partial charge in [-0.3, -0.25) is 10.5 Å². The lowest BCUT2D eigenvalue weighted by Crippen LogP contribution is -2.53. The van der Waals surface area contributed by atoms with Gasteiger partial charge in [-0.05, 0) is 18.4 Å². The van der Waals surface area contributed by atoms with Crippen molar-refractivity contribution in [3.63, 3.8) is 0 Å². The average molecular weight is 207 g/mol. The summed E-state index contributed by atoms with van der Waals surface area (Å²) in [4.78, 5) is 13.2. The Bertz CT molecular complexity index is 316. The fourth-order valence-corrected chi connectivity index (χ4v) is 1.53. The quantitative estimate of drug-likeness (QED) is 0.702. The lowest BCUT2D eigenvalue weighted by atomic mass is 10.1. The predicted octanol–water partition coefficient (Wildman–Crippen LogP) is 1.000. The van der Waals surface area contributed by atoms with E-state index >= 15 is 0 Å². The first-order valence-corrected chi connectivity index (χ1v) is 5.18. The molecular weight excluding hydrogens is 190 g/mol. The zero-order chi connectivity index (χ0) is 11.5. The SMILES string of the molecule is CC(C)CCC(=O)N1CC=CC1(N)C#N. The first-order valence-electron chi connectivity index (χ1n) is 5.18. The van der Waals surface area contributed by atoms with Crippen molar-refractivity contribution in [2.45, 2.75) is 32.4 Å². The lowest BCUT2D eigenvalue weighted by molar-refractivity contribution is -0.133. The van der Waals surface area contributed by atoms with Crippen molar-refractivity contribution in [3.05, 3.63) is 12.2 Å². The van der Waals surface area contributed by atoms with Gasteiger partial charge in [-0.15, -0.1) is 0 Å². The molecule has 1 aliphatic heterocycles. The molecule has 0 aromatic rings. The smallest absolute Gasteiger partial charge is 0.225 e. The van der Waals surface area contributed by atoms with Crippen LogP contribution in [0.5, 0.6) is 0 Å². The Labute approximate surface area is 90.3 Å². The number of hydrogen-bond donors (Lipinski definition) is 1. The van der Waals surface area contributed by atoms with Gasteiger partial charge < -0.3 is 4.90 Å². The number of carbonyl (C=O) groups is 1. The maximum Gasteiger partial charge on any atom is 0.225 e. The minimum absolute atomic E-state index is 0.0437. The van der Waals surface area contributed by atoms with Crippen molar-refractivity contribution in [3.8, 4) is 6.07 Å². The molecule has 0 spiro atoms. The molecule has 0 fully saturated rings. The van der Waals surface area contributed by atoms with E-state index in [0.717, 1.165) is 6.42 Å². The third-order valence-electron chi connectivity index (χ3n) is 2.52. The highest BCUT2D eigenvalue weighted by molar-refractivity contribution is 5.78. The molecule has 1 atom stereocenters. The summed E-state index contributed by atoms with van der Waals surface area (Å²) in [7, 11) is 0. The number of amides is 1. The Morgan fingerprint density at radius 3 is 2.93 bits per heavy atom. The van der Waals surface area contributed by atoms with Crippen LogP contribution in [0.3, 0.4) is 0 Å². The zero-order valence-electron chi connectivity index (χ0n) is 9.23. The Morgan fingerprint density at radius 1 is 1.73 bits per heavy atom. The van der Waals surface area contributed by atoms with E-state index < -0.39 is 5.66 Å². The molecule has 4 nitrogen and oxygen atoms in total. The molecule has 1 rings (SSSR count). The van der Waals surface area contributed by atoms with Gasteiger partial charge in [0.25, 0.3) is 0 Å². The summed E-state index contributed by atoms with van der Waals surface area (Å²) in [5.74, 6) is 0.441. The molecule has 0 aromatic heterocycles. The number of carbonyl (C=O) groups excluding carboxylic acids is 1. The Morgan fingerprint density at radius 2 is 2.40 bits per heavy atom. The van der Waals surface area contributed by atoms with Crippen LogP contribution in [0.2, 0.25) is 0 Å². The second kappa shape index (κ2) is 4.45. The minimum Gasteiger partial charge on any atom is -0.305 e. The average Bonchev–Trinajstić information content (AvgIpc) is 2.57. The van der Waals surface area contributed by atoms with E-state index in [0.29, 0.717) is 18.9 Å². The third kappa shape index (κ3) is 2.57. The van der Waals surface area contributed by atoms with Gasteiger partial charge in [0.1, 0.15) is 6.07 Å². The van der Waals surface area contributed by atoms with Gasteiger partial charge in [-0.25, -0.2) is 0 Å². The van der Waals surface area contributed by atoms with Crippen molar-refractivity contribution in [2.75, 3.05) is 6.54 Å². The van der Waals surface area contributed by atoms with E-state index in [4.69, 9.17) is 11.0 Å². The topological polar surface area (TPSA) is 70.1 Å². The molecule has 1 unspecified atom stereocenters. The molecule has 82 valence electrons. The first kappa shape index (κ1) is 11.7. The van der Waals surface area contributed by atoms with Crippen molar-refractivity contribution >= 4 is 5.91 Å².